The monoisotopic (exact) mass is 373 g/mol. The third-order valence-corrected chi connectivity index (χ3v) is 5.79. The van der Waals surface area contributed by atoms with Crippen LogP contribution in [0.25, 0.3) is 0 Å². The van der Waals surface area contributed by atoms with E-state index in [2.05, 4.69) is 32.6 Å². The molecular formula is C17H19N5OS2. The van der Waals surface area contributed by atoms with Crippen molar-refractivity contribution in [1.82, 2.24) is 19.7 Å². The number of carbonyl (C=O) groups excluding carboxylic acids is 1. The van der Waals surface area contributed by atoms with Gasteiger partial charge in [-0.2, -0.15) is 0 Å². The molecule has 0 bridgehead atoms. The number of hydrogen-bond acceptors (Lipinski definition) is 6. The second-order valence-corrected chi connectivity index (χ2v) is 7.53. The van der Waals surface area contributed by atoms with Crippen LogP contribution in [0.2, 0.25) is 0 Å². The second-order valence-electron chi connectivity index (χ2n) is 5.46. The Labute approximate surface area is 154 Å². The fraction of sp³-hybridized carbons (Fsp3) is 0.294. The maximum atomic E-state index is 12.4. The summed E-state index contributed by atoms with van der Waals surface area (Å²) < 4.78 is 1.96. The Morgan fingerprint density at radius 1 is 1.32 bits per heavy atom. The molecule has 0 spiro atoms. The van der Waals surface area contributed by atoms with Crippen LogP contribution in [0, 0.1) is 0 Å². The molecule has 0 aliphatic rings. The third-order valence-electron chi connectivity index (χ3n) is 3.70. The van der Waals surface area contributed by atoms with Crippen LogP contribution in [-0.2, 0) is 18.3 Å². The molecule has 3 aromatic rings. The fourth-order valence-corrected chi connectivity index (χ4v) is 3.77. The SMILES string of the molecule is CC[C@@H](Sc1nnc(Cc2ccccc2)n1C)C(=O)Nc1nccs1. The van der Waals surface area contributed by atoms with Crippen LogP contribution in [0.5, 0.6) is 0 Å². The zero-order chi connectivity index (χ0) is 17.6. The number of benzene rings is 1. The summed E-state index contributed by atoms with van der Waals surface area (Å²) in [6.45, 7) is 1.99. The van der Waals surface area contributed by atoms with Gasteiger partial charge < -0.3 is 9.88 Å². The highest BCUT2D eigenvalue weighted by atomic mass is 32.2. The van der Waals surface area contributed by atoms with Crippen LogP contribution < -0.4 is 5.32 Å². The topological polar surface area (TPSA) is 72.7 Å². The normalized spacial score (nSPS) is 12.1. The molecular weight excluding hydrogens is 354 g/mol. The van der Waals surface area contributed by atoms with E-state index in [1.54, 1.807) is 6.20 Å². The van der Waals surface area contributed by atoms with E-state index in [9.17, 15) is 4.79 Å². The molecule has 6 nitrogen and oxygen atoms in total. The third kappa shape index (κ3) is 4.46. The summed E-state index contributed by atoms with van der Waals surface area (Å²) in [5, 5.41) is 14.4. The Kier molecular flexibility index (Phi) is 5.83. The van der Waals surface area contributed by atoms with Gasteiger partial charge in [0.15, 0.2) is 10.3 Å². The Morgan fingerprint density at radius 3 is 2.80 bits per heavy atom. The molecule has 0 unspecified atom stereocenters. The van der Waals surface area contributed by atoms with Crippen molar-refractivity contribution < 1.29 is 4.79 Å². The molecule has 0 saturated carbocycles. The molecule has 1 aromatic carbocycles. The number of anilines is 1. The number of carbonyl (C=O) groups is 1. The molecule has 1 amide bonds. The minimum absolute atomic E-state index is 0.0601. The lowest BCUT2D eigenvalue weighted by Gasteiger charge is -2.13. The largest absolute Gasteiger partial charge is 0.309 e. The molecule has 0 aliphatic carbocycles. The van der Waals surface area contributed by atoms with Crippen molar-refractivity contribution in [1.29, 1.82) is 0 Å². The summed E-state index contributed by atoms with van der Waals surface area (Å²) in [5.41, 5.74) is 1.18. The molecule has 2 heterocycles. The first-order valence-corrected chi connectivity index (χ1v) is 9.72. The second kappa shape index (κ2) is 8.26. The molecule has 3 rings (SSSR count). The van der Waals surface area contributed by atoms with Crippen LogP contribution in [0.1, 0.15) is 24.7 Å². The van der Waals surface area contributed by atoms with E-state index >= 15 is 0 Å². The molecule has 1 N–H and O–H groups in total. The van der Waals surface area contributed by atoms with Crippen molar-refractivity contribution in [2.24, 2.45) is 7.05 Å². The van der Waals surface area contributed by atoms with E-state index in [-0.39, 0.29) is 11.2 Å². The highest BCUT2D eigenvalue weighted by molar-refractivity contribution is 8.00. The minimum atomic E-state index is -0.239. The quantitative estimate of drug-likeness (QED) is 0.643. The van der Waals surface area contributed by atoms with Gasteiger partial charge in [0, 0.05) is 25.0 Å². The lowest BCUT2D eigenvalue weighted by atomic mass is 10.1. The number of rotatable bonds is 7. The van der Waals surface area contributed by atoms with Crippen LogP contribution in [0.4, 0.5) is 5.13 Å². The van der Waals surface area contributed by atoms with E-state index in [0.29, 0.717) is 18.0 Å². The summed E-state index contributed by atoms with van der Waals surface area (Å²) in [4.78, 5) is 16.5. The van der Waals surface area contributed by atoms with E-state index in [4.69, 9.17) is 0 Å². The summed E-state index contributed by atoms with van der Waals surface area (Å²) >= 11 is 2.84. The first kappa shape index (κ1) is 17.6. The van der Waals surface area contributed by atoms with Crippen molar-refractivity contribution in [3.05, 3.63) is 53.3 Å². The van der Waals surface area contributed by atoms with E-state index < -0.39 is 0 Å². The Hall–Kier alpha value is -2.19. The van der Waals surface area contributed by atoms with E-state index in [1.165, 1.54) is 28.7 Å². The molecule has 25 heavy (non-hydrogen) atoms. The maximum absolute atomic E-state index is 12.4. The number of thioether (sulfide) groups is 1. The lowest BCUT2D eigenvalue weighted by Crippen LogP contribution is -2.24. The number of thiazole rings is 1. The summed E-state index contributed by atoms with van der Waals surface area (Å²) in [5.74, 6) is 0.818. The predicted octanol–water partition coefficient (Wildman–Crippen LogP) is 3.37. The molecule has 2 aromatic heterocycles. The van der Waals surface area contributed by atoms with Crippen molar-refractivity contribution >= 4 is 34.1 Å². The Morgan fingerprint density at radius 2 is 2.12 bits per heavy atom. The Balaban J connectivity index is 1.68. The molecule has 1 atom stereocenters. The maximum Gasteiger partial charge on any atom is 0.239 e. The number of hydrogen-bond donors (Lipinski definition) is 1. The lowest BCUT2D eigenvalue weighted by molar-refractivity contribution is -0.115. The van der Waals surface area contributed by atoms with Gasteiger partial charge in [-0.1, -0.05) is 49.0 Å². The van der Waals surface area contributed by atoms with Crippen molar-refractivity contribution in [3.63, 3.8) is 0 Å². The van der Waals surface area contributed by atoms with E-state index in [0.717, 1.165) is 11.0 Å². The van der Waals surface area contributed by atoms with Gasteiger partial charge in [-0.25, -0.2) is 4.98 Å². The molecule has 0 fully saturated rings. The first-order valence-electron chi connectivity index (χ1n) is 7.96. The highest BCUT2D eigenvalue weighted by Gasteiger charge is 2.22. The van der Waals surface area contributed by atoms with Crippen LogP contribution in [0.3, 0.4) is 0 Å². The summed E-state index contributed by atoms with van der Waals surface area (Å²) in [6.07, 6.45) is 3.09. The van der Waals surface area contributed by atoms with Crippen LogP contribution >= 0.6 is 23.1 Å². The average molecular weight is 374 g/mol. The standard InChI is InChI=1S/C17H19N5OS2/c1-3-13(15(23)19-16-18-9-10-24-16)25-17-21-20-14(22(17)2)11-12-7-5-4-6-8-12/h4-10,13H,3,11H2,1-2H3,(H,18,19,23)/t13-/m1/s1. The smallest absolute Gasteiger partial charge is 0.239 e. The van der Waals surface area contributed by atoms with Crippen molar-refractivity contribution in [2.75, 3.05) is 5.32 Å². The van der Waals surface area contributed by atoms with Crippen LogP contribution in [-0.4, -0.2) is 30.9 Å². The van der Waals surface area contributed by atoms with Gasteiger partial charge in [0.1, 0.15) is 5.82 Å². The van der Waals surface area contributed by atoms with Gasteiger partial charge >= 0.3 is 0 Å². The number of amides is 1. The number of nitrogens with one attached hydrogen (secondary N) is 1. The van der Waals surface area contributed by atoms with Gasteiger partial charge in [0.05, 0.1) is 5.25 Å². The van der Waals surface area contributed by atoms with E-state index in [1.807, 2.05) is 42.1 Å². The summed E-state index contributed by atoms with van der Waals surface area (Å²) in [7, 11) is 1.94. The van der Waals surface area contributed by atoms with Gasteiger partial charge in [-0.15, -0.1) is 21.5 Å². The molecule has 130 valence electrons. The van der Waals surface area contributed by atoms with Gasteiger partial charge in [-0.05, 0) is 12.0 Å². The highest BCUT2D eigenvalue weighted by Crippen LogP contribution is 2.26. The van der Waals surface area contributed by atoms with Crippen molar-refractivity contribution in [2.45, 2.75) is 30.2 Å². The minimum Gasteiger partial charge on any atom is -0.309 e. The zero-order valence-corrected chi connectivity index (χ0v) is 15.7. The van der Waals surface area contributed by atoms with Gasteiger partial charge in [0.25, 0.3) is 0 Å². The predicted molar refractivity (Wildman–Crippen MR) is 101 cm³/mol. The molecule has 8 heteroatoms. The fourth-order valence-electron chi connectivity index (χ4n) is 2.30. The summed E-state index contributed by atoms with van der Waals surface area (Å²) in [6, 6.07) is 10.2. The van der Waals surface area contributed by atoms with Gasteiger partial charge in [-0.3, -0.25) is 4.79 Å². The number of nitrogens with zero attached hydrogens (tertiary/aromatic N) is 4. The molecule has 0 radical (unpaired) electrons. The van der Waals surface area contributed by atoms with Crippen molar-refractivity contribution in [3.8, 4) is 0 Å². The zero-order valence-electron chi connectivity index (χ0n) is 14.0. The number of aromatic nitrogens is 4. The van der Waals surface area contributed by atoms with Gasteiger partial charge in [0.2, 0.25) is 5.91 Å². The first-order chi connectivity index (χ1) is 12.2. The average Bonchev–Trinajstić information content (AvgIpc) is 3.25. The van der Waals surface area contributed by atoms with Crippen LogP contribution in [0.15, 0.2) is 47.1 Å². The Bertz CT molecular complexity index is 817. The molecule has 0 aliphatic heterocycles. The molecule has 0 saturated heterocycles.